The first-order valence-corrected chi connectivity index (χ1v) is 9.50. The summed E-state index contributed by atoms with van der Waals surface area (Å²) in [5.74, 6) is 0.900. The Morgan fingerprint density at radius 2 is 1.84 bits per heavy atom. The van der Waals surface area contributed by atoms with Crippen molar-refractivity contribution in [3.05, 3.63) is 35.4 Å². The fourth-order valence-corrected chi connectivity index (χ4v) is 3.73. The molecule has 1 saturated heterocycles. The first-order chi connectivity index (χ1) is 11.7. The van der Waals surface area contributed by atoms with Crippen molar-refractivity contribution in [2.45, 2.75) is 58.6 Å². The Bertz CT molecular complexity index is 568. The molecule has 0 saturated carbocycles. The van der Waals surface area contributed by atoms with Crippen LogP contribution in [-0.4, -0.2) is 53.1 Å². The first-order valence-electron chi connectivity index (χ1n) is 9.50. The summed E-state index contributed by atoms with van der Waals surface area (Å²) < 4.78 is 0. The van der Waals surface area contributed by atoms with E-state index in [1.165, 1.54) is 5.56 Å². The zero-order valence-corrected chi connectivity index (χ0v) is 16.5. The molecule has 1 aliphatic heterocycles. The number of benzene rings is 1. The van der Waals surface area contributed by atoms with Crippen molar-refractivity contribution in [3.8, 4) is 0 Å². The predicted molar refractivity (Wildman–Crippen MR) is 102 cm³/mol. The van der Waals surface area contributed by atoms with Crippen LogP contribution < -0.4 is 0 Å². The van der Waals surface area contributed by atoms with Gasteiger partial charge in [-0.2, -0.15) is 0 Å². The summed E-state index contributed by atoms with van der Waals surface area (Å²) in [6, 6.07) is 8.47. The quantitative estimate of drug-likeness (QED) is 0.824. The molecule has 1 heterocycles. The number of hydrogen-bond acceptors (Lipinski definition) is 3. The highest BCUT2D eigenvalue weighted by molar-refractivity contribution is 5.86. The fourth-order valence-electron chi connectivity index (χ4n) is 3.73. The molecule has 1 aliphatic rings. The molecule has 0 radical (unpaired) electrons. The van der Waals surface area contributed by atoms with Crippen LogP contribution in [0.5, 0.6) is 0 Å². The van der Waals surface area contributed by atoms with Crippen molar-refractivity contribution in [1.29, 1.82) is 0 Å². The third-order valence-electron chi connectivity index (χ3n) is 4.93. The average molecular weight is 347 g/mol. The Morgan fingerprint density at radius 3 is 2.40 bits per heavy atom. The lowest BCUT2D eigenvalue weighted by atomic mass is 9.90. The molecular formula is C21H34N2O2. The lowest BCUT2D eigenvalue weighted by Crippen LogP contribution is -2.58. The maximum absolute atomic E-state index is 12.9. The molecular weight excluding hydrogens is 312 g/mol. The molecule has 140 valence electrons. The predicted octanol–water partition coefficient (Wildman–Crippen LogP) is 3.25. The minimum absolute atomic E-state index is 0.123. The maximum atomic E-state index is 12.9. The largest absolute Gasteiger partial charge is 0.379 e. The molecule has 4 nitrogen and oxygen atoms in total. The van der Waals surface area contributed by atoms with Gasteiger partial charge < -0.3 is 14.9 Å². The number of likely N-dealkylation sites (tertiary alicyclic amines) is 1. The molecule has 1 N–H and O–H groups in total. The number of nitrogens with zero attached hydrogens (tertiary/aromatic N) is 2. The van der Waals surface area contributed by atoms with Crippen molar-refractivity contribution in [2.75, 3.05) is 26.7 Å². The molecule has 0 spiro atoms. The second-order valence-electron chi connectivity index (χ2n) is 8.35. The zero-order valence-electron chi connectivity index (χ0n) is 16.5. The molecule has 4 heteroatoms. The van der Waals surface area contributed by atoms with Crippen LogP contribution >= 0.6 is 0 Å². The molecule has 1 amide bonds. The van der Waals surface area contributed by atoms with Crippen LogP contribution in [0.2, 0.25) is 0 Å². The highest BCUT2D eigenvalue weighted by atomic mass is 16.3. The molecule has 1 aromatic rings. The highest BCUT2D eigenvalue weighted by Gasteiger charge is 2.42. The van der Waals surface area contributed by atoms with E-state index in [4.69, 9.17) is 0 Å². The van der Waals surface area contributed by atoms with Crippen molar-refractivity contribution >= 4 is 5.91 Å². The maximum Gasteiger partial charge on any atom is 0.256 e. The smallest absolute Gasteiger partial charge is 0.256 e. The van der Waals surface area contributed by atoms with Gasteiger partial charge in [0.25, 0.3) is 5.91 Å². The van der Waals surface area contributed by atoms with E-state index in [0.717, 1.165) is 25.1 Å². The van der Waals surface area contributed by atoms with Gasteiger partial charge in [-0.05, 0) is 42.9 Å². The summed E-state index contributed by atoms with van der Waals surface area (Å²) in [5, 5.41) is 11.0. The van der Waals surface area contributed by atoms with E-state index < -0.39 is 5.60 Å². The Hall–Kier alpha value is -1.39. The summed E-state index contributed by atoms with van der Waals surface area (Å²) in [6.45, 7) is 11.2. The van der Waals surface area contributed by atoms with Gasteiger partial charge >= 0.3 is 0 Å². The number of piperidine rings is 1. The van der Waals surface area contributed by atoms with E-state index >= 15 is 0 Å². The van der Waals surface area contributed by atoms with Gasteiger partial charge in [0.2, 0.25) is 0 Å². The standard InChI is InChI=1S/C21H34N2O2/c1-16(2)13-22(5)15-21(25)11-6-12-23(20(21)24)14-18-7-9-19(10-8-18)17(3)4/h7-10,16-17,25H,6,11-15H2,1-5H3/t21-/m1/s1. The van der Waals surface area contributed by atoms with Crippen LogP contribution in [0.15, 0.2) is 24.3 Å². The molecule has 0 aliphatic carbocycles. The van der Waals surface area contributed by atoms with Gasteiger partial charge in [0.15, 0.2) is 5.60 Å². The summed E-state index contributed by atoms with van der Waals surface area (Å²) in [7, 11) is 1.98. The minimum atomic E-state index is -1.25. The number of aliphatic hydroxyl groups is 1. The molecule has 1 aromatic carbocycles. The number of amides is 1. The summed E-state index contributed by atoms with van der Waals surface area (Å²) in [5.41, 5.74) is 1.18. The number of rotatable bonds is 7. The van der Waals surface area contributed by atoms with Crippen LogP contribution in [0.4, 0.5) is 0 Å². The number of carbonyl (C=O) groups excluding carboxylic acids is 1. The summed E-state index contributed by atoms with van der Waals surface area (Å²) >= 11 is 0. The lowest BCUT2D eigenvalue weighted by Gasteiger charge is -2.40. The van der Waals surface area contributed by atoms with Crippen LogP contribution in [0.25, 0.3) is 0 Å². The third kappa shape index (κ3) is 5.29. The van der Waals surface area contributed by atoms with Gasteiger partial charge in [-0.25, -0.2) is 0 Å². The van der Waals surface area contributed by atoms with Gasteiger partial charge in [0.05, 0.1) is 0 Å². The molecule has 25 heavy (non-hydrogen) atoms. The Kier molecular flexibility index (Phi) is 6.64. The highest BCUT2D eigenvalue weighted by Crippen LogP contribution is 2.26. The Labute approximate surface area is 152 Å². The van der Waals surface area contributed by atoms with Gasteiger partial charge in [-0.15, -0.1) is 0 Å². The van der Waals surface area contributed by atoms with E-state index in [1.807, 2.05) is 11.9 Å². The number of hydrogen-bond donors (Lipinski definition) is 1. The molecule has 0 aromatic heterocycles. The summed E-state index contributed by atoms with van der Waals surface area (Å²) in [4.78, 5) is 16.8. The van der Waals surface area contributed by atoms with E-state index in [2.05, 4.69) is 56.9 Å². The van der Waals surface area contributed by atoms with Gasteiger partial charge in [0, 0.05) is 26.2 Å². The minimum Gasteiger partial charge on any atom is -0.379 e. The van der Waals surface area contributed by atoms with Crippen molar-refractivity contribution < 1.29 is 9.90 Å². The van der Waals surface area contributed by atoms with Gasteiger partial charge in [-0.3, -0.25) is 4.79 Å². The Balaban J connectivity index is 2.03. The topological polar surface area (TPSA) is 43.8 Å². The van der Waals surface area contributed by atoms with Gasteiger partial charge in [0.1, 0.15) is 0 Å². The third-order valence-corrected chi connectivity index (χ3v) is 4.93. The van der Waals surface area contributed by atoms with Crippen LogP contribution in [0.3, 0.4) is 0 Å². The van der Waals surface area contributed by atoms with E-state index in [-0.39, 0.29) is 5.91 Å². The average Bonchev–Trinajstić information content (AvgIpc) is 2.51. The molecule has 1 fully saturated rings. The van der Waals surface area contributed by atoms with Gasteiger partial charge in [-0.1, -0.05) is 52.0 Å². The first kappa shape index (κ1) is 19.9. The van der Waals surface area contributed by atoms with Crippen molar-refractivity contribution in [3.63, 3.8) is 0 Å². The number of likely N-dealkylation sites (N-methyl/N-ethyl adjacent to an activating group) is 1. The second-order valence-corrected chi connectivity index (χ2v) is 8.35. The summed E-state index contributed by atoms with van der Waals surface area (Å²) in [6.07, 6.45) is 1.40. The SMILES string of the molecule is CC(C)CN(C)C[C@]1(O)CCCN(Cc2ccc(C(C)C)cc2)C1=O. The monoisotopic (exact) mass is 346 g/mol. The molecule has 2 rings (SSSR count). The molecule has 0 bridgehead atoms. The van der Waals surface area contributed by atoms with E-state index in [1.54, 1.807) is 0 Å². The van der Waals surface area contributed by atoms with Crippen molar-refractivity contribution in [1.82, 2.24) is 9.80 Å². The number of carbonyl (C=O) groups is 1. The lowest BCUT2D eigenvalue weighted by molar-refractivity contribution is -0.160. The van der Waals surface area contributed by atoms with Crippen LogP contribution in [0, 0.1) is 5.92 Å². The molecule has 0 unspecified atom stereocenters. The molecule has 1 atom stereocenters. The van der Waals surface area contributed by atoms with E-state index in [9.17, 15) is 9.90 Å². The van der Waals surface area contributed by atoms with Crippen LogP contribution in [-0.2, 0) is 11.3 Å². The Morgan fingerprint density at radius 1 is 1.20 bits per heavy atom. The van der Waals surface area contributed by atoms with E-state index in [0.29, 0.717) is 31.3 Å². The van der Waals surface area contributed by atoms with Crippen LogP contribution in [0.1, 0.15) is 57.6 Å². The normalized spacial score (nSPS) is 21.6. The zero-order chi connectivity index (χ0) is 18.6. The second kappa shape index (κ2) is 8.33. The fraction of sp³-hybridized carbons (Fsp3) is 0.667. The van der Waals surface area contributed by atoms with Crippen molar-refractivity contribution in [2.24, 2.45) is 5.92 Å².